The number of aryl methyl sites for hydroxylation is 2. The van der Waals surface area contributed by atoms with Gasteiger partial charge in [0.05, 0.1) is 32.2 Å². The molecule has 0 spiro atoms. The molecular weight excluding hydrogens is 484 g/mol. The van der Waals surface area contributed by atoms with Gasteiger partial charge in [0.25, 0.3) is 5.91 Å². The second kappa shape index (κ2) is 10.2. The summed E-state index contributed by atoms with van der Waals surface area (Å²) in [6, 6.07) is 9.56. The van der Waals surface area contributed by atoms with Gasteiger partial charge in [0, 0.05) is 61.3 Å². The van der Waals surface area contributed by atoms with Crippen molar-refractivity contribution in [1.82, 2.24) is 34.2 Å². The zero-order valence-electron chi connectivity index (χ0n) is 21.3. The molecule has 4 aromatic heterocycles. The van der Waals surface area contributed by atoms with Crippen LogP contribution in [0.5, 0.6) is 0 Å². The lowest BCUT2D eigenvalue weighted by atomic mass is 10.1. The van der Waals surface area contributed by atoms with Crippen LogP contribution >= 0.6 is 0 Å². The minimum atomic E-state index is -0.264. The Kier molecular flexibility index (Phi) is 6.44. The third kappa shape index (κ3) is 4.93. The zero-order chi connectivity index (χ0) is 26.1. The highest BCUT2D eigenvalue weighted by Crippen LogP contribution is 2.25. The molecule has 0 saturated carbocycles. The first-order chi connectivity index (χ1) is 18.5. The highest BCUT2D eigenvalue weighted by Gasteiger charge is 2.16. The van der Waals surface area contributed by atoms with Crippen LogP contribution in [-0.2, 0) is 11.3 Å². The van der Waals surface area contributed by atoms with Gasteiger partial charge < -0.3 is 14.6 Å². The highest BCUT2D eigenvalue weighted by molar-refractivity contribution is 6.04. The number of morpholine rings is 1. The maximum Gasteiger partial charge on any atom is 0.274 e. The monoisotopic (exact) mass is 512 g/mol. The summed E-state index contributed by atoms with van der Waals surface area (Å²) in [4.78, 5) is 24.4. The van der Waals surface area contributed by atoms with Crippen molar-refractivity contribution in [2.75, 3.05) is 38.2 Å². The molecule has 0 unspecified atom stereocenters. The second-order valence-electron chi connectivity index (χ2n) is 9.36. The summed E-state index contributed by atoms with van der Waals surface area (Å²) >= 11 is 0. The number of amides is 1. The molecule has 5 heterocycles. The number of pyridine rings is 1. The van der Waals surface area contributed by atoms with Gasteiger partial charge in [-0.25, -0.2) is 4.98 Å². The molecule has 0 aliphatic carbocycles. The molecule has 38 heavy (non-hydrogen) atoms. The van der Waals surface area contributed by atoms with Crippen molar-refractivity contribution in [3.8, 4) is 22.5 Å². The first-order valence-electron chi connectivity index (χ1n) is 12.6. The van der Waals surface area contributed by atoms with Gasteiger partial charge in [0.15, 0.2) is 0 Å². The number of carbonyl (C=O) groups excluding carboxylic acids is 1. The number of hydrogen-bond donors (Lipinski definition) is 1. The number of carbonyl (C=O) groups is 1. The molecule has 6 rings (SSSR count). The number of nitrogens with zero attached hydrogens (tertiary/aromatic N) is 7. The number of fused-ring (bicyclic) bond motifs is 1. The fourth-order valence-electron chi connectivity index (χ4n) is 4.52. The van der Waals surface area contributed by atoms with Crippen LogP contribution in [0.25, 0.3) is 28.2 Å². The van der Waals surface area contributed by atoms with E-state index in [1.807, 2.05) is 60.5 Å². The Morgan fingerprint density at radius 3 is 2.66 bits per heavy atom. The lowest BCUT2D eigenvalue weighted by molar-refractivity contribution is 0.0360. The number of rotatable bonds is 7. The van der Waals surface area contributed by atoms with E-state index in [4.69, 9.17) is 9.26 Å². The maximum atomic E-state index is 13.3. The van der Waals surface area contributed by atoms with Crippen molar-refractivity contribution in [1.29, 1.82) is 0 Å². The van der Waals surface area contributed by atoms with Crippen LogP contribution in [0.3, 0.4) is 0 Å². The van der Waals surface area contributed by atoms with Gasteiger partial charge in [-0.15, -0.1) is 0 Å². The largest absolute Gasteiger partial charge is 0.379 e. The lowest BCUT2D eigenvalue weighted by Gasteiger charge is -2.26. The molecule has 1 saturated heterocycles. The standard InChI is InChI=1S/C27H28N8O3/c1-18-3-4-20(26-30-19(2)38-32-26)13-23(18)31-27(36)24-15-28-25-6-5-21(17-35(24)25)22-14-29-34(16-22)8-7-33-9-11-37-12-10-33/h3-6,13-17H,7-12H2,1-2H3,(H,31,36). The van der Waals surface area contributed by atoms with Gasteiger partial charge in [0.1, 0.15) is 11.3 Å². The van der Waals surface area contributed by atoms with E-state index in [-0.39, 0.29) is 5.91 Å². The summed E-state index contributed by atoms with van der Waals surface area (Å²) in [5, 5.41) is 11.5. The Labute approximate surface area is 219 Å². The number of ether oxygens (including phenoxy) is 1. The van der Waals surface area contributed by atoms with Crippen molar-refractivity contribution in [3.63, 3.8) is 0 Å². The molecule has 1 amide bonds. The summed E-state index contributed by atoms with van der Waals surface area (Å²) < 4.78 is 14.3. The van der Waals surface area contributed by atoms with E-state index in [1.165, 1.54) is 0 Å². The van der Waals surface area contributed by atoms with E-state index in [9.17, 15) is 4.79 Å². The highest BCUT2D eigenvalue weighted by atomic mass is 16.5. The molecule has 0 bridgehead atoms. The van der Waals surface area contributed by atoms with Crippen LogP contribution in [0, 0.1) is 13.8 Å². The number of anilines is 1. The molecule has 1 aliphatic heterocycles. The van der Waals surface area contributed by atoms with E-state index in [0.717, 1.165) is 61.6 Å². The lowest BCUT2D eigenvalue weighted by Crippen LogP contribution is -2.38. The van der Waals surface area contributed by atoms with Crippen molar-refractivity contribution in [2.45, 2.75) is 20.4 Å². The van der Waals surface area contributed by atoms with Gasteiger partial charge in [-0.2, -0.15) is 10.1 Å². The summed E-state index contributed by atoms with van der Waals surface area (Å²) in [5.41, 5.74) is 5.39. The SMILES string of the molecule is Cc1nc(-c2ccc(C)c(NC(=O)c3cnc4ccc(-c5cnn(CCN6CCOCC6)c5)cn34)c2)no1. The summed E-state index contributed by atoms with van der Waals surface area (Å²) in [6.07, 6.45) is 7.40. The van der Waals surface area contributed by atoms with Crippen LogP contribution in [0.15, 0.2) is 59.6 Å². The van der Waals surface area contributed by atoms with Crippen molar-refractivity contribution in [2.24, 2.45) is 0 Å². The van der Waals surface area contributed by atoms with Crippen LogP contribution in [0.1, 0.15) is 21.9 Å². The third-order valence-electron chi connectivity index (χ3n) is 6.73. The van der Waals surface area contributed by atoms with Gasteiger partial charge in [-0.3, -0.25) is 18.8 Å². The molecule has 1 aromatic carbocycles. The Morgan fingerprint density at radius 2 is 1.84 bits per heavy atom. The first-order valence-corrected chi connectivity index (χ1v) is 12.6. The van der Waals surface area contributed by atoms with E-state index < -0.39 is 0 Å². The third-order valence-corrected chi connectivity index (χ3v) is 6.73. The minimum Gasteiger partial charge on any atom is -0.379 e. The molecule has 5 aromatic rings. The Hall–Kier alpha value is -4.35. The molecular formula is C27H28N8O3. The summed E-state index contributed by atoms with van der Waals surface area (Å²) in [7, 11) is 0. The average Bonchev–Trinajstić information content (AvgIpc) is 3.69. The van der Waals surface area contributed by atoms with Crippen LogP contribution in [-0.4, -0.2) is 73.0 Å². The molecule has 11 nitrogen and oxygen atoms in total. The molecule has 0 atom stereocenters. The first kappa shape index (κ1) is 24.0. The van der Waals surface area contributed by atoms with Crippen LogP contribution < -0.4 is 5.32 Å². The molecule has 1 aliphatic rings. The number of nitrogens with one attached hydrogen (secondary N) is 1. The number of aromatic nitrogens is 6. The van der Waals surface area contributed by atoms with Gasteiger partial charge >= 0.3 is 0 Å². The van der Waals surface area contributed by atoms with Gasteiger partial charge in [-0.1, -0.05) is 17.3 Å². The van der Waals surface area contributed by atoms with Crippen molar-refractivity contribution < 1.29 is 14.1 Å². The van der Waals surface area contributed by atoms with Crippen LogP contribution in [0.2, 0.25) is 0 Å². The normalized spacial score (nSPS) is 14.3. The molecule has 0 radical (unpaired) electrons. The molecule has 1 fully saturated rings. The Morgan fingerprint density at radius 1 is 1.00 bits per heavy atom. The maximum absolute atomic E-state index is 13.3. The van der Waals surface area contributed by atoms with Crippen molar-refractivity contribution >= 4 is 17.2 Å². The molecule has 11 heteroatoms. The summed E-state index contributed by atoms with van der Waals surface area (Å²) in [5.74, 6) is 0.693. The number of imidazole rings is 1. The zero-order valence-corrected chi connectivity index (χ0v) is 21.3. The predicted molar refractivity (Wildman–Crippen MR) is 141 cm³/mol. The van der Waals surface area contributed by atoms with E-state index in [1.54, 1.807) is 17.5 Å². The fraction of sp³-hybridized carbons (Fsp3) is 0.296. The Bertz CT molecular complexity index is 1590. The number of benzene rings is 1. The Balaban J connectivity index is 1.21. The fourth-order valence-corrected chi connectivity index (χ4v) is 4.52. The summed E-state index contributed by atoms with van der Waals surface area (Å²) in [6.45, 7) is 8.90. The smallest absolute Gasteiger partial charge is 0.274 e. The van der Waals surface area contributed by atoms with Gasteiger partial charge in [0.2, 0.25) is 11.7 Å². The molecule has 194 valence electrons. The molecule has 1 N–H and O–H groups in total. The van der Waals surface area contributed by atoms with Gasteiger partial charge in [-0.05, 0) is 30.7 Å². The number of hydrogen-bond acceptors (Lipinski definition) is 8. The van der Waals surface area contributed by atoms with E-state index >= 15 is 0 Å². The van der Waals surface area contributed by atoms with E-state index in [2.05, 4.69) is 30.4 Å². The quantitative estimate of drug-likeness (QED) is 0.353. The topological polar surface area (TPSA) is 116 Å². The average molecular weight is 513 g/mol. The van der Waals surface area contributed by atoms with E-state index in [0.29, 0.717) is 28.7 Å². The predicted octanol–water partition coefficient (Wildman–Crippen LogP) is 3.45. The second-order valence-corrected chi connectivity index (χ2v) is 9.36. The van der Waals surface area contributed by atoms with Crippen molar-refractivity contribution in [3.05, 3.63) is 72.3 Å². The van der Waals surface area contributed by atoms with Crippen LogP contribution in [0.4, 0.5) is 5.69 Å². The minimum absolute atomic E-state index is 0.264.